The summed E-state index contributed by atoms with van der Waals surface area (Å²) in [5.41, 5.74) is 1.26. The van der Waals surface area contributed by atoms with E-state index in [0.29, 0.717) is 6.42 Å². The number of rotatable bonds is 10. The van der Waals surface area contributed by atoms with Crippen LogP contribution in [0.15, 0.2) is 30.3 Å². The lowest BCUT2D eigenvalue weighted by atomic mass is 9.88. The maximum Gasteiger partial charge on any atom is 0.305 e. The number of carbonyl (C=O) groups excluding carboxylic acids is 1. The highest BCUT2D eigenvalue weighted by Crippen LogP contribution is 2.24. The van der Waals surface area contributed by atoms with E-state index in [1.54, 1.807) is 0 Å². The van der Waals surface area contributed by atoms with Crippen LogP contribution in [0.1, 0.15) is 52.5 Å². The van der Waals surface area contributed by atoms with Crippen molar-refractivity contribution in [3.8, 4) is 0 Å². The molecule has 0 N–H and O–H groups in total. The average molecular weight is 306 g/mol. The molecule has 1 aromatic rings. The maximum atomic E-state index is 11.6. The third kappa shape index (κ3) is 6.18. The highest BCUT2D eigenvalue weighted by molar-refractivity contribution is 5.69. The van der Waals surface area contributed by atoms with Gasteiger partial charge in [0.05, 0.1) is 6.10 Å². The fraction of sp³-hybridized carbons (Fsp3) is 0.632. The van der Waals surface area contributed by atoms with Crippen molar-refractivity contribution in [1.29, 1.82) is 0 Å². The van der Waals surface area contributed by atoms with E-state index in [4.69, 9.17) is 9.47 Å². The predicted molar refractivity (Wildman–Crippen MR) is 89.8 cm³/mol. The second-order valence-electron chi connectivity index (χ2n) is 5.72. The summed E-state index contributed by atoms with van der Waals surface area (Å²) in [6, 6.07) is 10.3. The normalized spacial score (nSPS) is 15.1. The summed E-state index contributed by atoms with van der Waals surface area (Å²) < 4.78 is 11.6. The summed E-state index contributed by atoms with van der Waals surface area (Å²) in [6.45, 7) is 8.80. The van der Waals surface area contributed by atoms with Crippen molar-refractivity contribution in [2.45, 2.75) is 65.6 Å². The van der Waals surface area contributed by atoms with E-state index < -0.39 is 0 Å². The van der Waals surface area contributed by atoms with Crippen LogP contribution in [-0.2, 0) is 20.7 Å². The molecule has 3 unspecified atom stereocenters. The zero-order valence-corrected chi connectivity index (χ0v) is 14.4. The zero-order valence-electron chi connectivity index (χ0n) is 14.4. The van der Waals surface area contributed by atoms with Gasteiger partial charge in [-0.25, -0.2) is 0 Å². The molecule has 0 heterocycles. The minimum Gasteiger partial charge on any atom is -0.462 e. The minimum atomic E-state index is -0.144. The molecule has 3 atom stereocenters. The van der Waals surface area contributed by atoms with Crippen LogP contribution in [0.5, 0.6) is 0 Å². The average Bonchev–Trinajstić information content (AvgIpc) is 2.55. The van der Waals surface area contributed by atoms with Gasteiger partial charge >= 0.3 is 5.97 Å². The Hall–Kier alpha value is -1.35. The van der Waals surface area contributed by atoms with Crippen molar-refractivity contribution < 1.29 is 14.3 Å². The Bertz CT molecular complexity index is 416. The number of benzene rings is 1. The SMILES string of the molecule is CCCOC(CC)C(Cc1ccccc1)C(C)OC(=O)CC. The fourth-order valence-electron chi connectivity index (χ4n) is 2.68. The van der Waals surface area contributed by atoms with E-state index in [-0.39, 0.29) is 24.1 Å². The molecule has 0 aliphatic rings. The van der Waals surface area contributed by atoms with E-state index in [1.807, 2.05) is 32.0 Å². The van der Waals surface area contributed by atoms with Crippen molar-refractivity contribution in [3.63, 3.8) is 0 Å². The van der Waals surface area contributed by atoms with Crippen LogP contribution >= 0.6 is 0 Å². The molecule has 0 aromatic heterocycles. The Kier molecular flexibility index (Phi) is 8.83. The highest BCUT2D eigenvalue weighted by Gasteiger charge is 2.29. The highest BCUT2D eigenvalue weighted by atomic mass is 16.5. The molecule has 22 heavy (non-hydrogen) atoms. The van der Waals surface area contributed by atoms with Gasteiger partial charge in [0.2, 0.25) is 0 Å². The Balaban J connectivity index is 2.84. The first-order valence-electron chi connectivity index (χ1n) is 8.47. The first kappa shape index (κ1) is 18.7. The minimum absolute atomic E-state index is 0.111. The molecule has 0 saturated heterocycles. The quantitative estimate of drug-likeness (QED) is 0.601. The monoisotopic (exact) mass is 306 g/mol. The van der Waals surface area contributed by atoms with Crippen LogP contribution in [0.25, 0.3) is 0 Å². The molecule has 0 radical (unpaired) electrons. The standard InChI is InChI=1S/C19H30O3/c1-5-13-21-18(6-2)17(15(4)22-19(20)7-3)14-16-11-9-8-10-12-16/h8-12,15,17-18H,5-7,13-14H2,1-4H3. The zero-order chi connectivity index (χ0) is 16.4. The molecule has 0 aliphatic carbocycles. The van der Waals surface area contributed by atoms with Gasteiger partial charge in [0.25, 0.3) is 0 Å². The second kappa shape index (κ2) is 10.4. The number of esters is 1. The van der Waals surface area contributed by atoms with Crippen LogP contribution in [0.4, 0.5) is 0 Å². The van der Waals surface area contributed by atoms with E-state index in [2.05, 4.69) is 26.0 Å². The molecular weight excluding hydrogens is 276 g/mol. The molecule has 0 fully saturated rings. The number of carbonyl (C=O) groups is 1. The molecule has 1 rings (SSSR count). The van der Waals surface area contributed by atoms with Gasteiger partial charge in [-0.3, -0.25) is 4.79 Å². The first-order chi connectivity index (χ1) is 10.6. The van der Waals surface area contributed by atoms with Crippen molar-refractivity contribution in [2.24, 2.45) is 5.92 Å². The predicted octanol–water partition coefficient (Wildman–Crippen LogP) is 4.39. The van der Waals surface area contributed by atoms with Crippen LogP contribution in [0, 0.1) is 5.92 Å². The number of hydrogen-bond donors (Lipinski definition) is 0. The van der Waals surface area contributed by atoms with Gasteiger partial charge in [-0.15, -0.1) is 0 Å². The summed E-state index contributed by atoms with van der Waals surface area (Å²) >= 11 is 0. The largest absolute Gasteiger partial charge is 0.462 e. The van der Waals surface area contributed by atoms with Crippen LogP contribution < -0.4 is 0 Å². The van der Waals surface area contributed by atoms with E-state index in [1.165, 1.54) is 5.56 Å². The van der Waals surface area contributed by atoms with Crippen LogP contribution in [0.3, 0.4) is 0 Å². The molecule has 0 amide bonds. The van der Waals surface area contributed by atoms with Gasteiger partial charge in [-0.2, -0.15) is 0 Å². The van der Waals surface area contributed by atoms with Crippen LogP contribution in [-0.4, -0.2) is 24.8 Å². The van der Waals surface area contributed by atoms with E-state index in [9.17, 15) is 4.79 Å². The molecule has 0 bridgehead atoms. The molecule has 1 aromatic carbocycles. The van der Waals surface area contributed by atoms with Crippen molar-refractivity contribution in [1.82, 2.24) is 0 Å². The summed E-state index contributed by atoms with van der Waals surface area (Å²) in [5.74, 6) is 0.0327. The third-order valence-corrected chi connectivity index (χ3v) is 3.94. The Morgan fingerprint density at radius 3 is 2.36 bits per heavy atom. The van der Waals surface area contributed by atoms with Gasteiger partial charge in [0.1, 0.15) is 6.10 Å². The topological polar surface area (TPSA) is 35.5 Å². The fourth-order valence-corrected chi connectivity index (χ4v) is 2.68. The molecule has 3 heteroatoms. The van der Waals surface area contributed by atoms with E-state index >= 15 is 0 Å². The molecule has 3 nitrogen and oxygen atoms in total. The van der Waals surface area contributed by atoms with Gasteiger partial charge in [-0.05, 0) is 31.7 Å². The lowest BCUT2D eigenvalue weighted by molar-refractivity contribution is -0.153. The second-order valence-corrected chi connectivity index (χ2v) is 5.72. The summed E-state index contributed by atoms with van der Waals surface area (Å²) in [6.07, 6.45) is 3.16. The third-order valence-electron chi connectivity index (χ3n) is 3.94. The van der Waals surface area contributed by atoms with Gasteiger partial charge < -0.3 is 9.47 Å². The van der Waals surface area contributed by atoms with Crippen molar-refractivity contribution >= 4 is 5.97 Å². The maximum absolute atomic E-state index is 11.6. The summed E-state index contributed by atoms with van der Waals surface area (Å²) in [7, 11) is 0. The Morgan fingerprint density at radius 2 is 1.82 bits per heavy atom. The smallest absolute Gasteiger partial charge is 0.305 e. The molecule has 0 aliphatic heterocycles. The lowest BCUT2D eigenvalue weighted by Crippen LogP contribution is -2.36. The Labute approximate surface area is 135 Å². The van der Waals surface area contributed by atoms with Gasteiger partial charge in [0.15, 0.2) is 0 Å². The summed E-state index contributed by atoms with van der Waals surface area (Å²) in [4.78, 5) is 11.6. The lowest BCUT2D eigenvalue weighted by Gasteiger charge is -2.31. The van der Waals surface area contributed by atoms with Crippen LogP contribution in [0.2, 0.25) is 0 Å². The first-order valence-corrected chi connectivity index (χ1v) is 8.47. The van der Waals surface area contributed by atoms with Gasteiger partial charge in [-0.1, -0.05) is 51.1 Å². The van der Waals surface area contributed by atoms with Crippen molar-refractivity contribution in [3.05, 3.63) is 35.9 Å². The summed E-state index contributed by atoms with van der Waals surface area (Å²) in [5, 5.41) is 0. The number of hydrogen-bond acceptors (Lipinski definition) is 3. The number of ether oxygens (including phenoxy) is 2. The van der Waals surface area contributed by atoms with Gasteiger partial charge in [0, 0.05) is 18.9 Å². The molecular formula is C19H30O3. The molecule has 0 spiro atoms. The molecule has 124 valence electrons. The molecule has 0 saturated carbocycles. The van der Waals surface area contributed by atoms with Crippen molar-refractivity contribution in [2.75, 3.05) is 6.61 Å². The Morgan fingerprint density at radius 1 is 1.14 bits per heavy atom. The van der Waals surface area contributed by atoms with E-state index in [0.717, 1.165) is 25.9 Å².